The summed E-state index contributed by atoms with van der Waals surface area (Å²) >= 11 is 1.59. The average Bonchev–Trinajstić information content (AvgIpc) is 4.12. The predicted octanol–water partition coefficient (Wildman–Crippen LogP) is 5.16. The Labute approximate surface area is 377 Å². The molecule has 2 aromatic carbocycles. The zero-order chi connectivity index (χ0) is 44.5. The quantitative estimate of drug-likeness (QED) is 0.115. The Balaban J connectivity index is 0.741. The Bertz CT molecular complexity index is 2430. The molecule has 1 unspecified atom stereocenters. The zero-order valence-corrected chi connectivity index (χ0v) is 37.7. The number of rotatable bonds is 14. The standard InChI is InChI=1S/C47H58N10O6S/c1-28(2)43(47(61)57-26-35(58)19-39(57)46(60)50-29(3)32-9-11-33(12-10-32)44-30(4)49-27-64-44)41-21-42(53-63-41)62-18-17-54-14-13-31(23-54)24-55-15-16-56-34(25-55)22-48-45-38(56)20-37(51-52-45)36-7-5-6-8-40(36)59/h5-12,20-21,27-29,31,34-35,39,43,58-59H,13-19,22-26H2,1-4H3,(H,48,52)(H,50,60)/t29-,31?,34-,35+,39-,43+/m0/s1. The van der Waals surface area contributed by atoms with Crippen LogP contribution in [-0.4, -0.2) is 141 Å². The molecule has 64 heavy (non-hydrogen) atoms. The Hall–Kier alpha value is -5.62. The van der Waals surface area contributed by atoms with Gasteiger partial charge >= 0.3 is 0 Å². The monoisotopic (exact) mass is 890 g/mol. The summed E-state index contributed by atoms with van der Waals surface area (Å²) in [5.41, 5.74) is 7.20. The second-order valence-electron chi connectivity index (χ2n) is 18.1. The number of carbonyl (C=O) groups excluding carboxylic acids is 2. The van der Waals surface area contributed by atoms with Gasteiger partial charge in [-0.05, 0) is 73.1 Å². The van der Waals surface area contributed by atoms with Crippen molar-refractivity contribution in [3.8, 4) is 33.3 Å². The Morgan fingerprint density at radius 1 is 1.02 bits per heavy atom. The molecule has 0 spiro atoms. The number of amides is 2. The number of aryl methyl sites for hydroxylation is 1. The Morgan fingerprint density at radius 2 is 1.84 bits per heavy atom. The summed E-state index contributed by atoms with van der Waals surface area (Å²) in [6, 6.07) is 18.2. The molecule has 5 aromatic rings. The summed E-state index contributed by atoms with van der Waals surface area (Å²) in [5.74, 6) is 0.786. The largest absolute Gasteiger partial charge is 0.507 e. The number of carbonyl (C=O) groups is 2. The first-order valence-corrected chi connectivity index (χ1v) is 23.4. The molecule has 6 atom stereocenters. The smallest absolute Gasteiger partial charge is 0.254 e. The van der Waals surface area contributed by atoms with Crippen molar-refractivity contribution in [1.29, 1.82) is 0 Å². The van der Waals surface area contributed by atoms with E-state index in [9.17, 15) is 19.8 Å². The van der Waals surface area contributed by atoms with Crippen molar-refractivity contribution in [2.24, 2.45) is 11.8 Å². The summed E-state index contributed by atoms with van der Waals surface area (Å²) in [5, 5.41) is 40.7. The third-order valence-corrected chi connectivity index (χ3v) is 14.2. The van der Waals surface area contributed by atoms with E-state index in [4.69, 9.17) is 9.26 Å². The number of phenols is 1. The number of phenolic OH excluding ortho intramolecular Hbond substituents is 1. The molecule has 3 saturated heterocycles. The molecule has 2 amide bonds. The maximum atomic E-state index is 14.2. The molecule has 0 bridgehead atoms. The summed E-state index contributed by atoms with van der Waals surface area (Å²) < 4.78 is 11.8. The molecule has 0 aliphatic carbocycles. The van der Waals surface area contributed by atoms with Gasteiger partial charge in [0, 0.05) is 70.4 Å². The molecule has 3 fully saturated rings. The third-order valence-electron chi connectivity index (χ3n) is 13.3. The van der Waals surface area contributed by atoms with Gasteiger partial charge in [-0.3, -0.25) is 19.4 Å². The fourth-order valence-corrected chi connectivity index (χ4v) is 10.7. The van der Waals surface area contributed by atoms with Crippen LogP contribution in [-0.2, 0) is 9.59 Å². The molecule has 338 valence electrons. The van der Waals surface area contributed by atoms with Crippen LogP contribution in [0.3, 0.4) is 0 Å². The van der Waals surface area contributed by atoms with E-state index in [0.717, 1.165) is 92.0 Å². The topological polar surface area (TPSA) is 186 Å². The van der Waals surface area contributed by atoms with Gasteiger partial charge in [-0.25, -0.2) is 4.98 Å². The minimum atomic E-state index is -0.819. The summed E-state index contributed by atoms with van der Waals surface area (Å²) in [7, 11) is 0. The second kappa shape index (κ2) is 18.8. The predicted molar refractivity (Wildman–Crippen MR) is 244 cm³/mol. The molecular weight excluding hydrogens is 833 g/mol. The van der Waals surface area contributed by atoms with E-state index >= 15 is 0 Å². The number of benzene rings is 2. The number of hydrogen-bond donors (Lipinski definition) is 4. The fourth-order valence-electron chi connectivity index (χ4n) is 9.85. The second-order valence-corrected chi connectivity index (χ2v) is 18.9. The lowest BCUT2D eigenvalue weighted by atomic mass is 9.91. The number of thiazole rings is 1. The van der Waals surface area contributed by atoms with Gasteiger partial charge in [0.05, 0.1) is 45.7 Å². The number of aromatic hydroxyl groups is 1. The van der Waals surface area contributed by atoms with Gasteiger partial charge in [0.15, 0.2) is 11.6 Å². The molecular formula is C47H58N10O6S. The lowest BCUT2D eigenvalue weighted by Crippen LogP contribution is -2.58. The number of aromatic nitrogens is 4. The van der Waals surface area contributed by atoms with Gasteiger partial charge in [0.1, 0.15) is 24.3 Å². The van der Waals surface area contributed by atoms with Crippen LogP contribution in [0.2, 0.25) is 0 Å². The first kappa shape index (κ1) is 43.6. The fraction of sp³-hybridized carbons (Fsp3) is 0.489. The van der Waals surface area contributed by atoms with Gasteiger partial charge in [-0.1, -0.05) is 50.2 Å². The average molecular weight is 891 g/mol. The SMILES string of the molecule is Cc1ncsc1-c1ccc([C@H](C)NC(=O)[C@@H]2C[C@@H](O)CN2C(=O)[C@@H](c2cc(OCCN3CCC(CN4CCN5c6cc(-c7ccccc7O)nnc6NC[C@H]5C4)C3)no2)C(C)C)cc1. The van der Waals surface area contributed by atoms with Crippen LogP contribution in [0.25, 0.3) is 21.7 Å². The highest BCUT2D eigenvalue weighted by molar-refractivity contribution is 7.13. The van der Waals surface area contributed by atoms with E-state index in [1.807, 2.05) is 75.7 Å². The van der Waals surface area contributed by atoms with Crippen molar-refractivity contribution in [3.05, 3.63) is 83.2 Å². The maximum Gasteiger partial charge on any atom is 0.254 e. The lowest BCUT2D eigenvalue weighted by Gasteiger charge is -2.46. The number of aliphatic hydroxyl groups excluding tert-OH is 1. The number of anilines is 2. The molecule has 17 heteroatoms. The molecule has 4 N–H and O–H groups in total. The van der Waals surface area contributed by atoms with Gasteiger partial charge in [-0.2, -0.15) is 0 Å². The first-order valence-electron chi connectivity index (χ1n) is 22.5. The van der Waals surface area contributed by atoms with E-state index in [2.05, 4.69) is 45.7 Å². The molecule has 7 heterocycles. The minimum Gasteiger partial charge on any atom is -0.507 e. The highest BCUT2D eigenvalue weighted by Crippen LogP contribution is 2.37. The summed E-state index contributed by atoms with van der Waals surface area (Å²) in [6.07, 6.45) is 0.468. The first-order chi connectivity index (χ1) is 31.0. The van der Waals surface area contributed by atoms with Crippen LogP contribution in [0, 0.1) is 18.8 Å². The molecule has 9 rings (SSSR count). The summed E-state index contributed by atoms with van der Waals surface area (Å²) in [4.78, 5) is 42.3. The van der Waals surface area contributed by atoms with Gasteiger partial charge in [0.25, 0.3) is 5.88 Å². The Morgan fingerprint density at radius 3 is 2.62 bits per heavy atom. The molecule has 0 radical (unpaired) electrons. The van der Waals surface area contributed by atoms with Crippen LogP contribution in [0.15, 0.2) is 70.7 Å². The van der Waals surface area contributed by atoms with Crippen molar-refractivity contribution < 1.29 is 29.1 Å². The van der Waals surface area contributed by atoms with Crippen molar-refractivity contribution in [2.75, 3.05) is 75.7 Å². The van der Waals surface area contributed by atoms with Gasteiger partial charge in [0.2, 0.25) is 11.8 Å². The molecule has 4 aliphatic heterocycles. The maximum absolute atomic E-state index is 14.2. The van der Waals surface area contributed by atoms with Crippen molar-refractivity contribution in [2.45, 2.75) is 70.7 Å². The molecule has 4 aliphatic rings. The third kappa shape index (κ3) is 9.30. The highest BCUT2D eigenvalue weighted by atomic mass is 32.1. The number of hydrogen-bond acceptors (Lipinski definition) is 15. The molecule has 0 saturated carbocycles. The van der Waals surface area contributed by atoms with Crippen LogP contribution in [0.5, 0.6) is 11.6 Å². The number of likely N-dealkylation sites (tertiary alicyclic amines) is 2. The number of para-hydroxylation sites is 1. The van der Waals surface area contributed by atoms with E-state index in [0.29, 0.717) is 41.5 Å². The Kier molecular flexibility index (Phi) is 12.8. The van der Waals surface area contributed by atoms with E-state index in [1.54, 1.807) is 29.5 Å². The van der Waals surface area contributed by atoms with Crippen LogP contribution in [0.1, 0.15) is 62.6 Å². The number of piperazine rings is 1. The van der Waals surface area contributed by atoms with Crippen LogP contribution >= 0.6 is 11.3 Å². The number of nitrogens with zero attached hydrogens (tertiary/aromatic N) is 8. The molecule has 3 aromatic heterocycles. The number of fused-ring (bicyclic) bond motifs is 3. The van der Waals surface area contributed by atoms with E-state index in [-0.39, 0.29) is 42.5 Å². The lowest BCUT2D eigenvalue weighted by molar-refractivity contribution is -0.141. The van der Waals surface area contributed by atoms with E-state index in [1.165, 1.54) is 4.90 Å². The summed E-state index contributed by atoms with van der Waals surface area (Å²) in [6.45, 7) is 15.7. The minimum absolute atomic E-state index is 0.0621. The van der Waals surface area contributed by atoms with Crippen molar-refractivity contribution >= 4 is 34.7 Å². The number of nitrogens with one attached hydrogen (secondary N) is 2. The normalized spacial score (nSPS) is 22.2. The van der Waals surface area contributed by atoms with E-state index < -0.39 is 18.1 Å². The van der Waals surface area contributed by atoms with Gasteiger partial charge < -0.3 is 39.9 Å². The number of ether oxygens (including phenoxy) is 1. The van der Waals surface area contributed by atoms with Crippen LogP contribution in [0.4, 0.5) is 11.5 Å². The zero-order valence-electron chi connectivity index (χ0n) is 36.9. The van der Waals surface area contributed by atoms with Crippen molar-refractivity contribution in [1.82, 2.24) is 40.4 Å². The molecule has 16 nitrogen and oxygen atoms in total. The van der Waals surface area contributed by atoms with Crippen LogP contribution < -0.4 is 20.3 Å². The number of β-amino-alcohol motifs (C(OH)–C–C–N with tert-alkyl or cyclic N) is 1. The number of aliphatic hydroxyl groups is 1. The van der Waals surface area contributed by atoms with Gasteiger partial charge in [-0.15, -0.1) is 21.5 Å². The highest BCUT2D eigenvalue weighted by Gasteiger charge is 2.44. The van der Waals surface area contributed by atoms with Crippen molar-refractivity contribution in [3.63, 3.8) is 0 Å².